The van der Waals surface area contributed by atoms with Crippen LogP contribution >= 0.6 is 0 Å². The highest BCUT2D eigenvalue weighted by atomic mass is 16.5. The summed E-state index contributed by atoms with van der Waals surface area (Å²) in [5, 5.41) is 6.40. The predicted molar refractivity (Wildman–Crippen MR) is 120 cm³/mol. The fourth-order valence-corrected chi connectivity index (χ4v) is 3.35. The summed E-state index contributed by atoms with van der Waals surface area (Å²) < 4.78 is 16.7. The van der Waals surface area contributed by atoms with Gasteiger partial charge in [-0.05, 0) is 50.5 Å². The van der Waals surface area contributed by atoms with E-state index < -0.39 is 0 Å². The smallest absolute Gasteiger partial charge is 0.335 e. The molecule has 6 nitrogen and oxygen atoms in total. The minimum Gasteiger partial charge on any atom is -0.464 e. The van der Waals surface area contributed by atoms with Gasteiger partial charge in [-0.2, -0.15) is 0 Å². The Balaban J connectivity index is 1.87. The molecule has 2 aromatic carbocycles. The summed E-state index contributed by atoms with van der Waals surface area (Å²) in [6.07, 6.45) is 1.74. The van der Waals surface area contributed by atoms with Crippen LogP contribution in [0.4, 0.5) is 0 Å². The average molecular weight is 416 g/mol. The minimum absolute atomic E-state index is 0.321. The maximum atomic E-state index is 11.9. The van der Waals surface area contributed by atoms with Crippen molar-refractivity contribution < 1.29 is 18.4 Å². The van der Waals surface area contributed by atoms with Crippen molar-refractivity contribution in [2.24, 2.45) is 5.10 Å². The molecule has 0 spiro atoms. The Morgan fingerprint density at radius 2 is 1.84 bits per heavy atom. The molecule has 0 radical (unpaired) electrons. The Bertz CT molecular complexity index is 1360. The number of carbonyl (C=O) groups excluding carboxylic acids is 1. The van der Waals surface area contributed by atoms with Crippen LogP contribution in [0, 0.1) is 6.92 Å². The molecule has 0 aliphatic heterocycles. The number of hydrogen-bond donors (Lipinski definition) is 1. The van der Waals surface area contributed by atoms with E-state index in [2.05, 4.69) is 28.7 Å². The molecule has 6 heteroatoms. The van der Waals surface area contributed by atoms with Crippen LogP contribution in [-0.2, 0) is 9.53 Å². The van der Waals surface area contributed by atoms with E-state index in [0.29, 0.717) is 29.0 Å². The number of esters is 1. The number of ether oxygens (including phenoxy) is 1. The third kappa shape index (κ3) is 4.10. The number of benzene rings is 2. The summed E-state index contributed by atoms with van der Waals surface area (Å²) in [5.41, 5.74) is 8.87. The molecular weight excluding hydrogens is 392 g/mol. The molecule has 2 heterocycles. The first-order valence-electron chi connectivity index (χ1n) is 10.1. The highest BCUT2D eigenvalue weighted by molar-refractivity contribution is 6.01. The van der Waals surface area contributed by atoms with Gasteiger partial charge in [0.2, 0.25) is 5.55 Å². The molecule has 0 atom stereocenters. The molecule has 1 N–H and O–H groups in total. The van der Waals surface area contributed by atoms with Crippen LogP contribution in [0.3, 0.4) is 0 Å². The molecule has 0 amide bonds. The maximum Gasteiger partial charge on any atom is 0.335 e. The second-order valence-corrected chi connectivity index (χ2v) is 7.32. The topological polar surface area (TPSA) is 77.0 Å². The number of allylic oxidation sites excluding steroid dienone is 1. The second kappa shape index (κ2) is 8.52. The minimum atomic E-state index is -0.376. The molecule has 4 rings (SSSR count). The third-order valence-corrected chi connectivity index (χ3v) is 5.20. The molecule has 158 valence electrons. The van der Waals surface area contributed by atoms with Crippen molar-refractivity contribution in [1.82, 2.24) is 5.43 Å². The number of fused-ring (bicyclic) bond motifs is 2. The van der Waals surface area contributed by atoms with Crippen molar-refractivity contribution in [2.45, 2.75) is 27.7 Å². The number of furan rings is 1. The van der Waals surface area contributed by atoms with Gasteiger partial charge >= 0.3 is 5.97 Å². The lowest BCUT2D eigenvalue weighted by atomic mass is 10.0. The van der Waals surface area contributed by atoms with Gasteiger partial charge in [-0.15, -0.1) is 5.10 Å². The molecule has 0 fully saturated rings. The average Bonchev–Trinajstić information content (AvgIpc) is 3.15. The third-order valence-electron chi connectivity index (χ3n) is 5.20. The van der Waals surface area contributed by atoms with E-state index in [0.717, 1.165) is 33.0 Å². The summed E-state index contributed by atoms with van der Waals surface area (Å²) in [4.78, 5) is 11.9. The maximum absolute atomic E-state index is 11.9. The van der Waals surface area contributed by atoms with Gasteiger partial charge in [0.05, 0.1) is 18.4 Å². The van der Waals surface area contributed by atoms with E-state index >= 15 is 0 Å². The van der Waals surface area contributed by atoms with Crippen molar-refractivity contribution >= 4 is 27.9 Å². The number of nitrogens with one attached hydrogen (secondary N) is 1. The fraction of sp³-hybridized carbons (Fsp3) is 0.200. The summed E-state index contributed by atoms with van der Waals surface area (Å²) in [6, 6.07) is 15.9. The Morgan fingerprint density at radius 1 is 1.06 bits per heavy atom. The Kier molecular flexibility index (Phi) is 5.62. The van der Waals surface area contributed by atoms with Crippen LogP contribution in [-0.4, -0.2) is 12.6 Å². The molecule has 0 saturated carbocycles. The zero-order chi connectivity index (χ0) is 22.0. The van der Waals surface area contributed by atoms with Gasteiger partial charge < -0.3 is 13.6 Å². The Labute approximate surface area is 179 Å². The first kappa shape index (κ1) is 20.5. The predicted octanol–water partition coefficient (Wildman–Crippen LogP) is 5.42. The molecule has 0 aliphatic rings. The number of hydrogen-bond acceptors (Lipinski definition) is 6. The molecule has 0 unspecified atom stereocenters. The standard InChI is InChI=1S/C25H24N2O4/c1-5-29-25(28)16(3)17(4)26-27-24-12-20(18-9-7-6-8-10-18)21-11-19-15(2)14-30-22(19)13-23(21)31-24/h6-14,26H,5H2,1-4H3/b17-16+,27-24+. The number of rotatable bonds is 5. The summed E-state index contributed by atoms with van der Waals surface area (Å²) in [6.45, 7) is 7.57. The summed E-state index contributed by atoms with van der Waals surface area (Å²) in [5.74, 6) is -0.376. The van der Waals surface area contributed by atoms with Gasteiger partial charge in [0.15, 0.2) is 0 Å². The van der Waals surface area contributed by atoms with Gasteiger partial charge in [0.25, 0.3) is 0 Å². The van der Waals surface area contributed by atoms with E-state index in [9.17, 15) is 4.79 Å². The zero-order valence-electron chi connectivity index (χ0n) is 18.0. The summed E-state index contributed by atoms with van der Waals surface area (Å²) in [7, 11) is 0. The molecule has 31 heavy (non-hydrogen) atoms. The van der Waals surface area contributed by atoms with Crippen molar-refractivity contribution in [2.75, 3.05) is 6.61 Å². The largest absolute Gasteiger partial charge is 0.464 e. The monoisotopic (exact) mass is 416 g/mol. The molecule has 4 aromatic rings. The van der Waals surface area contributed by atoms with Gasteiger partial charge in [-0.3, -0.25) is 5.43 Å². The van der Waals surface area contributed by atoms with Crippen molar-refractivity contribution in [1.29, 1.82) is 0 Å². The van der Waals surface area contributed by atoms with Crippen molar-refractivity contribution in [3.8, 4) is 11.1 Å². The Hall–Kier alpha value is -3.80. The summed E-state index contributed by atoms with van der Waals surface area (Å²) >= 11 is 0. The zero-order valence-corrected chi connectivity index (χ0v) is 18.0. The van der Waals surface area contributed by atoms with E-state index in [1.807, 2.05) is 37.3 Å². The highest BCUT2D eigenvalue weighted by Crippen LogP contribution is 2.32. The van der Waals surface area contributed by atoms with Crippen LogP contribution in [0.15, 0.2) is 80.0 Å². The van der Waals surface area contributed by atoms with Gasteiger partial charge in [0, 0.05) is 28.6 Å². The first-order chi connectivity index (χ1) is 15.0. The second-order valence-electron chi connectivity index (χ2n) is 7.32. The van der Waals surface area contributed by atoms with Gasteiger partial charge in [-0.1, -0.05) is 30.3 Å². The number of nitrogens with zero attached hydrogens (tertiary/aromatic N) is 1. The van der Waals surface area contributed by atoms with Crippen molar-refractivity contribution in [3.05, 3.63) is 77.2 Å². The molecule has 2 aromatic heterocycles. The van der Waals surface area contributed by atoms with Crippen LogP contribution in [0.5, 0.6) is 0 Å². The highest BCUT2D eigenvalue weighted by Gasteiger charge is 2.12. The van der Waals surface area contributed by atoms with Gasteiger partial charge in [-0.25, -0.2) is 4.79 Å². The van der Waals surface area contributed by atoms with Crippen LogP contribution < -0.4 is 11.0 Å². The van der Waals surface area contributed by atoms with Crippen LogP contribution in [0.1, 0.15) is 26.3 Å². The van der Waals surface area contributed by atoms with Crippen molar-refractivity contribution in [3.63, 3.8) is 0 Å². The van der Waals surface area contributed by atoms with Crippen LogP contribution in [0.2, 0.25) is 0 Å². The van der Waals surface area contributed by atoms with E-state index in [1.54, 1.807) is 27.0 Å². The first-order valence-corrected chi connectivity index (χ1v) is 10.1. The lowest BCUT2D eigenvalue weighted by Crippen LogP contribution is -2.16. The number of carbonyl (C=O) groups is 1. The van der Waals surface area contributed by atoms with Crippen LogP contribution in [0.25, 0.3) is 33.1 Å². The Morgan fingerprint density at radius 3 is 2.58 bits per heavy atom. The van der Waals surface area contributed by atoms with E-state index in [1.165, 1.54) is 0 Å². The van der Waals surface area contributed by atoms with Gasteiger partial charge in [0.1, 0.15) is 11.2 Å². The SMILES string of the molecule is CCOC(=O)/C(C)=C(\C)N/N=c1\cc(-c2ccccc2)c2cc3c(C)coc3cc2o1. The van der Waals surface area contributed by atoms with E-state index in [-0.39, 0.29) is 5.97 Å². The fourth-order valence-electron chi connectivity index (χ4n) is 3.35. The molecule has 0 bridgehead atoms. The molecule has 0 aliphatic carbocycles. The molecular formula is C25H24N2O4. The quantitative estimate of drug-likeness (QED) is 0.267. The van der Waals surface area contributed by atoms with E-state index in [4.69, 9.17) is 13.6 Å². The lowest BCUT2D eigenvalue weighted by Gasteiger charge is -2.08. The normalized spacial score (nSPS) is 12.8. The number of aryl methyl sites for hydroxylation is 1. The molecule has 0 saturated heterocycles. The lowest BCUT2D eigenvalue weighted by molar-refractivity contribution is -0.138.